The molecule has 9 nitrogen and oxygen atoms in total. The van der Waals surface area contributed by atoms with Crippen LogP contribution >= 0.6 is 0 Å². The fourth-order valence-corrected chi connectivity index (χ4v) is 2.60. The first-order valence-electron chi connectivity index (χ1n) is 8.45. The summed E-state index contributed by atoms with van der Waals surface area (Å²) in [5.41, 5.74) is 5.76. The number of carboxylic acids is 1. The van der Waals surface area contributed by atoms with Gasteiger partial charge in [0.25, 0.3) is 0 Å². The molecule has 1 fully saturated rings. The Balaban J connectivity index is 2.71. The minimum Gasteiger partial charge on any atom is -0.480 e. The Hall–Kier alpha value is -2.16. The van der Waals surface area contributed by atoms with E-state index in [2.05, 4.69) is 10.6 Å². The Kier molecular flexibility index (Phi) is 7.35. The zero-order valence-corrected chi connectivity index (χ0v) is 15.1. The Bertz CT molecular complexity index is 537. The van der Waals surface area contributed by atoms with Gasteiger partial charge in [0.2, 0.25) is 17.7 Å². The van der Waals surface area contributed by atoms with E-state index in [0.717, 1.165) is 0 Å². The molecule has 1 saturated heterocycles. The van der Waals surface area contributed by atoms with Gasteiger partial charge < -0.3 is 26.4 Å². The van der Waals surface area contributed by atoms with Gasteiger partial charge in [-0.2, -0.15) is 0 Å². The molecule has 0 unspecified atom stereocenters. The van der Waals surface area contributed by atoms with Crippen LogP contribution in [0.4, 0.5) is 0 Å². The Morgan fingerprint density at radius 1 is 1.08 bits per heavy atom. The molecular formula is C16H28N4O5. The van der Waals surface area contributed by atoms with E-state index >= 15 is 0 Å². The van der Waals surface area contributed by atoms with Crippen LogP contribution in [0.2, 0.25) is 0 Å². The number of nitrogens with two attached hydrogens (primary N) is 1. The van der Waals surface area contributed by atoms with E-state index in [1.54, 1.807) is 20.8 Å². The lowest BCUT2D eigenvalue weighted by atomic mass is 10.0. The summed E-state index contributed by atoms with van der Waals surface area (Å²) in [6, 6.07) is -3.30. The van der Waals surface area contributed by atoms with Gasteiger partial charge in [0.05, 0.1) is 6.04 Å². The zero-order valence-electron chi connectivity index (χ0n) is 15.1. The molecule has 5 N–H and O–H groups in total. The van der Waals surface area contributed by atoms with Gasteiger partial charge in [0.1, 0.15) is 18.1 Å². The maximum Gasteiger partial charge on any atom is 0.325 e. The number of amides is 3. The standard InChI is InChI=1S/C16H28N4O5/c1-8(2)12(17)14(22)18-9(3)15(23)20-7-5-6-11(20)13(21)19-10(4)16(24)25/h8-12H,5-7,17H2,1-4H3,(H,18,22)(H,19,21)(H,24,25)/t9-,10-,11-,12-/m0/s1. The molecule has 0 aromatic carbocycles. The van der Waals surface area contributed by atoms with Crippen LogP contribution in [-0.2, 0) is 19.2 Å². The van der Waals surface area contributed by atoms with Crippen molar-refractivity contribution in [2.75, 3.05) is 6.54 Å². The van der Waals surface area contributed by atoms with Crippen LogP contribution in [0.15, 0.2) is 0 Å². The van der Waals surface area contributed by atoms with Crippen molar-refractivity contribution in [2.45, 2.75) is 64.7 Å². The van der Waals surface area contributed by atoms with Crippen molar-refractivity contribution in [3.63, 3.8) is 0 Å². The molecule has 0 aliphatic carbocycles. The third-order valence-electron chi connectivity index (χ3n) is 4.32. The van der Waals surface area contributed by atoms with Gasteiger partial charge in [-0.3, -0.25) is 19.2 Å². The highest BCUT2D eigenvalue weighted by Gasteiger charge is 2.37. The largest absolute Gasteiger partial charge is 0.480 e. The van der Waals surface area contributed by atoms with Gasteiger partial charge in [-0.15, -0.1) is 0 Å². The molecule has 1 aliphatic heterocycles. The van der Waals surface area contributed by atoms with Crippen LogP contribution in [-0.4, -0.2) is 64.4 Å². The van der Waals surface area contributed by atoms with E-state index in [-0.39, 0.29) is 11.8 Å². The van der Waals surface area contributed by atoms with Crippen molar-refractivity contribution in [3.05, 3.63) is 0 Å². The van der Waals surface area contributed by atoms with Crippen molar-refractivity contribution in [3.8, 4) is 0 Å². The molecule has 142 valence electrons. The highest BCUT2D eigenvalue weighted by molar-refractivity contribution is 5.94. The molecule has 0 aromatic rings. The smallest absolute Gasteiger partial charge is 0.325 e. The number of carbonyl (C=O) groups is 4. The number of rotatable bonds is 7. The summed E-state index contributed by atoms with van der Waals surface area (Å²) in [5, 5.41) is 13.8. The average Bonchev–Trinajstić information content (AvgIpc) is 3.02. The maximum absolute atomic E-state index is 12.6. The van der Waals surface area contributed by atoms with Crippen molar-refractivity contribution < 1.29 is 24.3 Å². The van der Waals surface area contributed by atoms with E-state index in [1.807, 2.05) is 0 Å². The predicted octanol–water partition coefficient (Wildman–Crippen LogP) is -0.945. The molecule has 9 heteroatoms. The second kappa shape index (κ2) is 8.80. The predicted molar refractivity (Wildman–Crippen MR) is 90.4 cm³/mol. The number of carboxylic acid groups (broad SMARTS) is 1. The summed E-state index contributed by atoms with van der Waals surface area (Å²) >= 11 is 0. The van der Waals surface area contributed by atoms with E-state index in [4.69, 9.17) is 10.8 Å². The third kappa shape index (κ3) is 5.42. The summed E-state index contributed by atoms with van der Waals surface area (Å²) in [6.07, 6.45) is 1.09. The van der Waals surface area contributed by atoms with Gasteiger partial charge in [0.15, 0.2) is 0 Å². The fraction of sp³-hybridized carbons (Fsp3) is 0.750. The average molecular weight is 356 g/mol. The summed E-state index contributed by atoms with van der Waals surface area (Å²) in [5.74, 6) is -2.52. The number of nitrogens with zero attached hydrogens (tertiary/aromatic N) is 1. The molecular weight excluding hydrogens is 328 g/mol. The Morgan fingerprint density at radius 2 is 1.68 bits per heavy atom. The van der Waals surface area contributed by atoms with Gasteiger partial charge in [-0.05, 0) is 32.6 Å². The van der Waals surface area contributed by atoms with Gasteiger partial charge in [0, 0.05) is 6.54 Å². The monoisotopic (exact) mass is 356 g/mol. The second-order valence-electron chi connectivity index (χ2n) is 6.76. The lowest BCUT2D eigenvalue weighted by molar-refractivity contribution is -0.144. The van der Waals surface area contributed by atoms with Gasteiger partial charge >= 0.3 is 5.97 Å². The van der Waals surface area contributed by atoms with Gasteiger partial charge in [-0.25, -0.2) is 0 Å². The minimum atomic E-state index is -1.15. The number of aliphatic carboxylic acids is 1. The normalized spacial score (nSPS) is 20.7. The first kappa shape index (κ1) is 20.9. The summed E-state index contributed by atoms with van der Waals surface area (Å²) in [4.78, 5) is 49.1. The highest BCUT2D eigenvalue weighted by atomic mass is 16.4. The zero-order chi connectivity index (χ0) is 19.3. The SMILES string of the molecule is CC(C)[C@H](N)C(=O)N[C@@H](C)C(=O)N1CCC[C@H]1C(=O)N[C@@H](C)C(=O)O. The van der Waals surface area contributed by atoms with E-state index < -0.39 is 42.0 Å². The lowest BCUT2D eigenvalue weighted by Gasteiger charge is -2.28. The van der Waals surface area contributed by atoms with Crippen molar-refractivity contribution in [2.24, 2.45) is 11.7 Å². The second-order valence-corrected chi connectivity index (χ2v) is 6.76. The number of nitrogens with one attached hydrogen (secondary N) is 2. The molecule has 1 heterocycles. The van der Waals surface area contributed by atoms with E-state index in [0.29, 0.717) is 19.4 Å². The molecule has 3 amide bonds. The molecule has 4 atom stereocenters. The first-order valence-corrected chi connectivity index (χ1v) is 8.45. The van der Waals surface area contributed by atoms with Crippen LogP contribution in [0.25, 0.3) is 0 Å². The van der Waals surface area contributed by atoms with Gasteiger partial charge in [-0.1, -0.05) is 13.8 Å². The fourth-order valence-electron chi connectivity index (χ4n) is 2.60. The number of hydrogen-bond donors (Lipinski definition) is 4. The van der Waals surface area contributed by atoms with Crippen molar-refractivity contribution >= 4 is 23.7 Å². The van der Waals surface area contributed by atoms with Crippen LogP contribution in [0.3, 0.4) is 0 Å². The number of likely N-dealkylation sites (tertiary alicyclic amines) is 1. The topological polar surface area (TPSA) is 142 Å². The quantitative estimate of drug-likeness (QED) is 0.463. The molecule has 0 radical (unpaired) electrons. The first-order chi connectivity index (χ1) is 11.6. The third-order valence-corrected chi connectivity index (χ3v) is 4.32. The summed E-state index contributed by atoms with van der Waals surface area (Å²) in [6.45, 7) is 6.90. The van der Waals surface area contributed by atoms with Crippen LogP contribution in [0, 0.1) is 5.92 Å². The molecule has 0 saturated carbocycles. The van der Waals surface area contributed by atoms with E-state index in [9.17, 15) is 19.2 Å². The lowest BCUT2D eigenvalue weighted by Crippen LogP contribution is -2.56. The molecule has 1 aliphatic rings. The molecule has 0 bridgehead atoms. The number of carbonyl (C=O) groups excluding carboxylic acids is 3. The molecule has 0 spiro atoms. The van der Waals surface area contributed by atoms with Crippen molar-refractivity contribution in [1.29, 1.82) is 0 Å². The summed E-state index contributed by atoms with van der Waals surface area (Å²) in [7, 11) is 0. The molecule has 0 aromatic heterocycles. The van der Waals surface area contributed by atoms with Crippen LogP contribution in [0.5, 0.6) is 0 Å². The van der Waals surface area contributed by atoms with E-state index in [1.165, 1.54) is 11.8 Å². The number of hydrogen-bond acceptors (Lipinski definition) is 5. The molecule has 25 heavy (non-hydrogen) atoms. The highest BCUT2D eigenvalue weighted by Crippen LogP contribution is 2.19. The summed E-state index contributed by atoms with van der Waals surface area (Å²) < 4.78 is 0. The molecule has 1 rings (SSSR count). The van der Waals surface area contributed by atoms with Crippen LogP contribution < -0.4 is 16.4 Å². The Morgan fingerprint density at radius 3 is 2.20 bits per heavy atom. The maximum atomic E-state index is 12.6. The minimum absolute atomic E-state index is 0.0647. The van der Waals surface area contributed by atoms with Crippen molar-refractivity contribution in [1.82, 2.24) is 15.5 Å². The Labute approximate surface area is 147 Å². The van der Waals surface area contributed by atoms with Crippen LogP contribution in [0.1, 0.15) is 40.5 Å².